The van der Waals surface area contributed by atoms with Crippen molar-refractivity contribution in [2.24, 2.45) is 5.92 Å². The first kappa shape index (κ1) is 13.0. The summed E-state index contributed by atoms with van der Waals surface area (Å²) in [5, 5.41) is 0. The van der Waals surface area contributed by atoms with E-state index in [1.165, 1.54) is 44.5 Å². The second-order valence-corrected chi connectivity index (χ2v) is 5.89. The average Bonchev–Trinajstić information content (AvgIpc) is 2.35. The first-order chi connectivity index (χ1) is 8.28. The number of aromatic nitrogens is 1. The molecule has 0 amide bonds. The van der Waals surface area contributed by atoms with Crippen LogP contribution in [-0.2, 0) is 6.54 Å². The molecule has 0 radical (unpaired) electrons. The maximum atomic E-state index is 4.44. The Bertz CT molecular complexity index is 329. The second kappa shape index (κ2) is 6.50. The molecule has 0 atom stereocenters. The summed E-state index contributed by atoms with van der Waals surface area (Å²) in [6.45, 7) is 5.77. The SMILES string of the molecule is CCCC1CCN(Cc2ccc(Br)cn2)CC1. The van der Waals surface area contributed by atoms with Gasteiger partial charge in [0.1, 0.15) is 0 Å². The largest absolute Gasteiger partial charge is 0.297 e. The van der Waals surface area contributed by atoms with Crippen molar-refractivity contribution >= 4 is 15.9 Å². The minimum absolute atomic E-state index is 0.967. The lowest BCUT2D eigenvalue weighted by atomic mass is 9.92. The fraction of sp³-hybridized carbons (Fsp3) is 0.643. The summed E-state index contributed by atoms with van der Waals surface area (Å²) < 4.78 is 1.06. The van der Waals surface area contributed by atoms with Gasteiger partial charge in [0.2, 0.25) is 0 Å². The van der Waals surface area contributed by atoms with Crippen molar-refractivity contribution in [2.75, 3.05) is 13.1 Å². The molecule has 1 aliphatic heterocycles. The van der Waals surface area contributed by atoms with E-state index >= 15 is 0 Å². The number of nitrogens with zero attached hydrogens (tertiary/aromatic N) is 2. The van der Waals surface area contributed by atoms with Crippen molar-refractivity contribution in [2.45, 2.75) is 39.2 Å². The molecule has 1 saturated heterocycles. The number of likely N-dealkylation sites (tertiary alicyclic amines) is 1. The third-order valence-corrected chi connectivity index (χ3v) is 4.05. The zero-order valence-corrected chi connectivity index (χ0v) is 12.1. The predicted octanol–water partition coefficient (Wildman–Crippen LogP) is 3.86. The Balaban J connectivity index is 1.79. The van der Waals surface area contributed by atoms with Gasteiger partial charge in [-0.1, -0.05) is 19.8 Å². The average molecular weight is 297 g/mol. The molecule has 0 aliphatic carbocycles. The van der Waals surface area contributed by atoms with Crippen LogP contribution in [0.15, 0.2) is 22.8 Å². The zero-order valence-electron chi connectivity index (χ0n) is 10.5. The smallest absolute Gasteiger partial charge is 0.0544 e. The minimum Gasteiger partial charge on any atom is -0.297 e. The highest BCUT2D eigenvalue weighted by molar-refractivity contribution is 9.10. The molecule has 1 aromatic heterocycles. The molecule has 0 unspecified atom stereocenters. The van der Waals surface area contributed by atoms with Crippen LogP contribution in [-0.4, -0.2) is 23.0 Å². The van der Waals surface area contributed by atoms with Gasteiger partial charge in [0, 0.05) is 17.2 Å². The number of piperidine rings is 1. The van der Waals surface area contributed by atoms with E-state index in [0.717, 1.165) is 16.9 Å². The molecule has 1 aliphatic rings. The molecule has 1 fully saturated rings. The number of halogens is 1. The van der Waals surface area contributed by atoms with Crippen molar-refractivity contribution < 1.29 is 0 Å². The van der Waals surface area contributed by atoms with Crippen LogP contribution in [0.4, 0.5) is 0 Å². The maximum Gasteiger partial charge on any atom is 0.0544 e. The lowest BCUT2D eigenvalue weighted by Gasteiger charge is -2.31. The Hall–Kier alpha value is -0.410. The van der Waals surface area contributed by atoms with E-state index in [2.05, 4.69) is 44.9 Å². The van der Waals surface area contributed by atoms with Gasteiger partial charge in [-0.05, 0) is 59.9 Å². The number of hydrogen-bond acceptors (Lipinski definition) is 2. The van der Waals surface area contributed by atoms with E-state index in [1.807, 2.05) is 6.20 Å². The Morgan fingerprint density at radius 2 is 2.12 bits per heavy atom. The number of hydrogen-bond donors (Lipinski definition) is 0. The molecule has 1 aromatic rings. The first-order valence-corrected chi connectivity index (χ1v) is 7.40. The Morgan fingerprint density at radius 3 is 2.71 bits per heavy atom. The van der Waals surface area contributed by atoms with Crippen LogP contribution in [0.3, 0.4) is 0 Å². The number of rotatable bonds is 4. The highest BCUT2D eigenvalue weighted by atomic mass is 79.9. The fourth-order valence-corrected chi connectivity index (χ4v) is 2.81. The van der Waals surface area contributed by atoms with E-state index in [9.17, 15) is 0 Å². The van der Waals surface area contributed by atoms with Crippen molar-refractivity contribution in [3.05, 3.63) is 28.5 Å². The zero-order chi connectivity index (χ0) is 12.1. The van der Waals surface area contributed by atoms with Gasteiger partial charge in [-0.3, -0.25) is 9.88 Å². The molecule has 0 spiro atoms. The summed E-state index contributed by atoms with van der Waals surface area (Å²) in [7, 11) is 0. The van der Waals surface area contributed by atoms with Crippen LogP contribution < -0.4 is 0 Å². The van der Waals surface area contributed by atoms with E-state index in [0.29, 0.717) is 0 Å². The van der Waals surface area contributed by atoms with Gasteiger partial charge in [0.15, 0.2) is 0 Å². The molecule has 0 saturated carbocycles. The second-order valence-electron chi connectivity index (χ2n) is 4.98. The van der Waals surface area contributed by atoms with Crippen LogP contribution in [0, 0.1) is 5.92 Å². The van der Waals surface area contributed by atoms with Crippen LogP contribution in [0.25, 0.3) is 0 Å². The molecule has 0 aromatic carbocycles. The normalized spacial score (nSPS) is 18.5. The van der Waals surface area contributed by atoms with Gasteiger partial charge in [-0.15, -0.1) is 0 Å². The van der Waals surface area contributed by atoms with Crippen LogP contribution in [0.1, 0.15) is 38.3 Å². The summed E-state index contributed by atoms with van der Waals surface area (Å²) in [5.74, 6) is 0.967. The third kappa shape index (κ3) is 4.07. The topological polar surface area (TPSA) is 16.1 Å². The van der Waals surface area contributed by atoms with Gasteiger partial charge in [-0.2, -0.15) is 0 Å². The molecule has 3 heteroatoms. The van der Waals surface area contributed by atoms with Crippen LogP contribution >= 0.6 is 15.9 Å². The highest BCUT2D eigenvalue weighted by Crippen LogP contribution is 2.22. The van der Waals surface area contributed by atoms with Crippen LogP contribution in [0.2, 0.25) is 0 Å². The minimum atomic E-state index is 0.967. The highest BCUT2D eigenvalue weighted by Gasteiger charge is 2.18. The molecule has 94 valence electrons. The van der Waals surface area contributed by atoms with Crippen molar-refractivity contribution in [1.82, 2.24) is 9.88 Å². The summed E-state index contributed by atoms with van der Waals surface area (Å²) in [4.78, 5) is 6.97. The number of pyridine rings is 1. The van der Waals surface area contributed by atoms with Crippen molar-refractivity contribution in [3.8, 4) is 0 Å². The molecular weight excluding hydrogens is 276 g/mol. The van der Waals surface area contributed by atoms with E-state index in [1.54, 1.807) is 0 Å². The van der Waals surface area contributed by atoms with Crippen molar-refractivity contribution in [3.63, 3.8) is 0 Å². The first-order valence-electron chi connectivity index (χ1n) is 6.60. The standard InChI is InChI=1S/C14H21BrN2/c1-2-3-12-6-8-17(9-7-12)11-14-5-4-13(15)10-16-14/h4-5,10,12H,2-3,6-9,11H2,1H3. The molecular formula is C14H21BrN2. The fourth-order valence-electron chi connectivity index (χ4n) is 2.57. The Labute approximate surface area is 113 Å². The Morgan fingerprint density at radius 1 is 1.35 bits per heavy atom. The lowest BCUT2D eigenvalue weighted by molar-refractivity contribution is 0.170. The van der Waals surface area contributed by atoms with E-state index in [-0.39, 0.29) is 0 Å². The van der Waals surface area contributed by atoms with Gasteiger partial charge in [0.05, 0.1) is 5.69 Å². The summed E-state index contributed by atoms with van der Waals surface area (Å²) in [5.41, 5.74) is 1.18. The van der Waals surface area contributed by atoms with Crippen LogP contribution in [0.5, 0.6) is 0 Å². The quantitative estimate of drug-likeness (QED) is 0.839. The maximum absolute atomic E-state index is 4.44. The summed E-state index contributed by atoms with van der Waals surface area (Å²) in [6.07, 6.45) is 7.36. The van der Waals surface area contributed by atoms with Crippen molar-refractivity contribution in [1.29, 1.82) is 0 Å². The molecule has 0 N–H and O–H groups in total. The molecule has 17 heavy (non-hydrogen) atoms. The molecule has 2 heterocycles. The van der Waals surface area contributed by atoms with Gasteiger partial charge in [-0.25, -0.2) is 0 Å². The third-order valence-electron chi connectivity index (χ3n) is 3.58. The molecule has 2 rings (SSSR count). The summed E-state index contributed by atoms with van der Waals surface area (Å²) >= 11 is 3.42. The van der Waals surface area contributed by atoms with Gasteiger partial charge < -0.3 is 0 Å². The predicted molar refractivity (Wildman–Crippen MR) is 74.8 cm³/mol. The summed E-state index contributed by atoms with van der Waals surface area (Å²) in [6, 6.07) is 4.19. The van der Waals surface area contributed by atoms with E-state index in [4.69, 9.17) is 0 Å². The van der Waals surface area contributed by atoms with Gasteiger partial charge in [0.25, 0.3) is 0 Å². The van der Waals surface area contributed by atoms with E-state index < -0.39 is 0 Å². The van der Waals surface area contributed by atoms with Gasteiger partial charge >= 0.3 is 0 Å². The molecule has 0 bridgehead atoms. The monoisotopic (exact) mass is 296 g/mol. The Kier molecular flexibility index (Phi) is 4.99. The lowest BCUT2D eigenvalue weighted by Crippen LogP contribution is -2.33. The molecule has 2 nitrogen and oxygen atoms in total.